The van der Waals surface area contributed by atoms with Crippen LogP contribution in [0.1, 0.15) is 69.4 Å². The number of fused-ring (bicyclic) bond motifs is 3. The number of nitrogens with zero attached hydrogens (tertiary/aromatic N) is 2. The summed E-state index contributed by atoms with van der Waals surface area (Å²) < 4.78 is 39.3. The Kier molecular flexibility index (Phi) is 9.61. The molecular formula is C36H41F2N3O6. The summed E-state index contributed by atoms with van der Waals surface area (Å²) >= 11 is 0. The van der Waals surface area contributed by atoms with Crippen LogP contribution in [0.5, 0.6) is 0 Å². The third-order valence-corrected chi connectivity index (χ3v) is 9.89. The number of halogens is 2. The second-order valence-electron chi connectivity index (χ2n) is 13.1. The van der Waals surface area contributed by atoms with Crippen molar-refractivity contribution in [2.24, 2.45) is 11.3 Å². The predicted octanol–water partition coefficient (Wildman–Crippen LogP) is 5.92. The number of ketones is 1. The van der Waals surface area contributed by atoms with Crippen LogP contribution in [0.25, 0.3) is 0 Å². The maximum absolute atomic E-state index is 14.4. The van der Waals surface area contributed by atoms with E-state index in [0.29, 0.717) is 29.7 Å². The van der Waals surface area contributed by atoms with Crippen molar-refractivity contribution in [3.8, 4) is 0 Å². The molecule has 2 aromatic carbocycles. The van der Waals surface area contributed by atoms with Crippen molar-refractivity contribution in [2.45, 2.75) is 89.6 Å². The number of ether oxygens (including phenoxy) is 2. The SMILES string of the molecule is CCOC(=O)[C@]12CC(=O)[C@@H]3C[C@@H](OC(=O)N4Cc5cccc(F)c5C4)CN3C(=O)[C@@H](Nc3ccc(F)cc3)CCCCC/C=C\[C@@H]1C2. The number of hydrogen-bond acceptors (Lipinski definition) is 7. The van der Waals surface area contributed by atoms with Crippen LogP contribution in [0.4, 0.5) is 19.3 Å². The molecule has 1 N–H and O–H groups in total. The summed E-state index contributed by atoms with van der Waals surface area (Å²) in [5.74, 6) is -1.93. The van der Waals surface area contributed by atoms with Gasteiger partial charge in [0.2, 0.25) is 5.91 Å². The Hall–Kier alpha value is -4.28. The van der Waals surface area contributed by atoms with Crippen molar-refractivity contribution in [1.82, 2.24) is 9.80 Å². The Bertz CT molecular complexity index is 1550. The minimum atomic E-state index is -0.982. The van der Waals surface area contributed by atoms with Gasteiger partial charge in [-0.1, -0.05) is 37.1 Å². The van der Waals surface area contributed by atoms with Crippen LogP contribution in [-0.4, -0.2) is 64.9 Å². The van der Waals surface area contributed by atoms with E-state index in [1.54, 1.807) is 31.2 Å². The van der Waals surface area contributed by atoms with Crippen LogP contribution in [-0.2, 0) is 36.9 Å². The van der Waals surface area contributed by atoms with E-state index in [-0.39, 0.29) is 62.5 Å². The molecule has 2 fully saturated rings. The number of anilines is 1. The molecule has 3 aliphatic heterocycles. The van der Waals surface area contributed by atoms with E-state index < -0.39 is 41.5 Å². The highest BCUT2D eigenvalue weighted by Crippen LogP contribution is 2.57. The quantitative estimate of drug-likeness (QED) is 0.317. The Morgan fingerprint density at radius 3 is 2.62 bits per heavy atom. The predicted molar refractivity (Wildman–Crippen MR) is 169 cm³/mol. The molecule has 2 amide bonds. The van der Waals surface area contributed by atoms with Gasteiger partial charge < -0.3 is 19.7 Å². The Morgan fingerprint density at radius 1 is 1.04 bits per heavy atom. The Balaban J connectivity index is 1.25. The molecule has 3 heterocycles. The second-order valence-corrected chi connectivity index (χ2v) is 13.1. The minimum absolute atomic E-state index is 0.00648. The van der Waals surface area contributed by atoms with Crippen LogP contribution in [0.15, 0.2) is 54.6 Å². The van der Waals surface area contributed by atoms with Crippen LogP contribution < -0.4 is 5.32 Å². The molecule has 11 heteroatoms. The lowest BCUT2D eigenvalue weighted by Gasteiger charge is -2.30. The molecule has 2 aromatic rings. The van der Waals surface area contributed by atoms with E-state index in [1.165, 1.54) is 28.0 Å². The fourth-order valence-corrected chi connectivity index (χ4v) is 7.21. The molecule has 0 aromatic heterocycles. The molecule has 1 aliphatic carbocycles. The van der Waals surface area contributed by atoms with E-state index in [1.807, 2.05) is 6.08 Å². The largest absolute Gasteiger partial charge is 0.466 e. The first-order valence-electron chi connectivity index (χ1n) is 16.6. The number of benzene rings is 2. The standard InChI is InChI=1S/C36H41F2N3O6/c1-2-46-34(44)36-18-24(36)10-6-4-3-5-7-12-30(39-26-15-13-25(37)14-16-26)33(43)41-21-27(17-31(41)32(42)19-36)47-35(45)40-20-23-9-8-11-29(38)28(23)22-40/h6,8-11,13-16,24,27,30-31,39H,2-5,7,12,17-22H2,1H3/b10-6-/t24-,27-,30+,31+,36-/m1/s1. The number of Topliss-reactive ketones (excluding diaryl/α,β-unsaturated/α-hetero) is 1. The van der Waals surface area contributed by atoms with Gasteiger partial charge in [0.1, 0.15) is 23.8 Å². The van der Waals surface area contributed by atoms with Gasteiger partial charge in [-0.3, -0.25) is 19.3 Å². The van der Waals surface area contributed by atoms with Crippen molar-refractivity contribution in [3.05, 3.63) is 77.4 Å². The summed E-state index contributed by atoms with van der Waals surface area (Å²) in [7, 11) is 0. The highest BCUT2D eigenvalue weighted by atomic mass is 19.1. The molecule has 6 rings (SSSR count). The highest BCUT2D eigenvalue weighted by molar-refractivity contribution is 5.96. The summed E-state index contributed by atoms with van der Waals surface area (Å²) in [5.41, 5.74) is 0.739. The topological polar surface area (TPSA) is 105 Å². The van der Waals surface area contributed by atoms with Crippen LogP contribution >= 0.6 is 0 Å². The number of esters is 1. The first kappa shape index (κ1) is 32.7. The van der Waals surface area contributed by atoms with Crippen molar-refractivity contribution >= 4 is 29.4 Å². The van der Waals surface area contributed by atoms with Crippen molar-refractivity contribution in [2.75, 3.05) is 18.5 Å². The van der Waals surface area contributed by atoms with Crippen molar-refractivity contribution in [1.29, 1.82) is 0 Å². The maximum Gasteiger partial charge on any atom is 0.410 e. The lowest BCUT2D eigenvalue weighted by atomic mass is 9.91. The molecule has 250 valence electrons. The summed E-state index contributed by atoms with van der Waals surface area (Å²) in [6.07, 6.45) is 6.95. The van der Waals surface area contributed by atoms with E-state index in [2.05, 4.69) is 11.4 Å². The molecule has 1 saturated carbocycles. The second kappa shape index (κ2) is 13.8. The normalized spacial score (nSPS) is 28.3. The zero-order chi connectivity index (χ0) is 33.1. The van der Waals surface area contributed by atoms with Gasteiger partial charge in [-0.25, -0.2) is 13.6 Å². The minimum Gasteiger partial charge on any atom is -0.466 e. The number of carbonyl (C=O) groups excluding carboxylic acids is 4. The average molecular weight is 650 g/mol. The van der Waals surface area contributed by atoms with Crippen LogP contribution in [0.2, 0.25) is 0 Å². The van der Waals surface area contributed by atoms with Gasteiger partial charge in [0, 0.05) is 30.6 Å². The number of allylic oxidation sites excluding steroid dienone is 2. The lowest BCUT2D eigenvalue weighted by molar-refractivity contribution is -0.152. The third-order valence-electron chi connectivity index (χ3n) is 9.89. The first-order chi connectivity index (χ1) is 22.7. The van der Waals surface area contributed by atoms with Gasteiger partial charge in [-0.05, 0) is 74.4 Å². The van der Waals surface area contributed by atoms with E-state index in [9.17, 15) is 28.0 Å². The summed E-state index contributed by atoms with van der Waals surface area (Å²) in [6, 6.07) is 8.83. The molecule has 4 aliphatic rings. The van der Waals surface area contributed by atoms with Crippen LogP contribution in [0.3, 0.4) is 0 Å². The first-order valence-corrected chi connectivity index (χ1v) is 16.6. The van der Waals surface area contributed by atoms with Crippen molar-refractivity contribution < 1.29 is 37.4 Å². The Morgan fingerprint density at radius 2 is 1.85 bits per heavy atom. The number of rotatable bonds is 5. The zero-order valence-electron chi connectivity index (χ0n) is 26.6. The van der Waals surface area contributed by atoms with E-state index in [0.717, 1.165) is 25.7 Å². The molecule has 0 unspecified atom stereocenters. The number of nitrogens with one attached hydrogen (secondary N) is 1. The number of amides is 2. The molecule has 0 bridgehead atoms. The van der Waals surface area contributed by atoms with E-state index in [4.69, 9.17) is 9.47 Å². The summed E-state index contributed by atoms with van der Waals surface area (Å²) in [4.78, 5) is 57.8. The Labute approximate surface area is 273 Å². The van der Waals surface area contributed by atoms with E-state index >= 15 is 0 Å². The summed E-state index contributed by atoms with van der Waals surface area (Å²) in [5, 5.41) is 3.24. The maximum atomic E-state index is 14.4. The van der Waals surface area contributed by atoms with Crippen LogP contribution in [0, 0.1) is 23.0 Å². The molecule has 0 spiro atoms. The average Bonchev–Trinajstić information content (AvgIpc) is 3.35. The molecule has 0 radical (unpaired) electrons. The van der Waals surface area contributed by atoms with Gasteiger partial charge in [0.05, 0.1) is 31.2 Å². The van der Waals surface area contributed by atoms with Crippen molar-refractivity contribution in [3.63, 3.8) is 0 Å². The highest BCUT2D eigenvalue weighted by Gasteiger charge is 2.61. The summed E-state index contributed by atoms with van der Waals surface area (Å²) in [6.45, 7) is 2.18. The van der Waals surface area contributed by atoms with Gasteiger partial charge in [-0.15, -0.1) is 0 Å². The monoisotopic (exact) mass is 649 g/mol. The number of hydrogen-bond donors (Lipinski definition) is 1. The molecular weight excluding hydrogens is 608 g/mol. The molecule has 47 heavy (non-hydrogen) atoms. The van der Waals surface area contributed by atoms with Gasteiger partial charge in [0.15, 0.2) is 5.78 Å². The smallest absolute Gasteiger partial charge is 0.410 e. The third kappa shape index (κ3) is 7.04. The zero-order valence-corrected chi connectivity index (χ0v) is 26.6. The lowest BCUT2D eigenvalue weighted by Crippen LogP contribution is -2.48. The van der Waals surface area contributed by atoms with Gasteiger partial charge in [-0.2, -0.15) is 0 Å². The molecule has 5 atom stereocenters. The molecule has 9 nitrogen and oxygen atoms in total. The fourth-order valence-electron chi connectivity index (χ4n) is 7.21. The molecule has 1 saturated heterocycles. The number of carbonyl (C=O) groups is 4. The van der Waals surface area contributed by atoms with Gasteiger partial charge in [0.25, 0.3) is 0 Å². The fraction of sp³-hybridized carbons (Fsp3) is 0.500. The van der Waals surface area contributed by atoms with Gasteiger partial charge >= 0.3 is 12.1 Å².